The van der Waals surface area contributed by atoms with Crippen LogP contribution in [-0.4, -0.2) is 133 Å². The summed E-state index contributed by atoms with van der Waals surface area (Å²) in [5.74, 6) is -3.79. The van der Waals surface area contributed by atoms with Crippen molar-refractivity contribution in [3.8, 4) is 0 Å². The van der Waals surface area contributed by atoms with E-state index in [1.165, 1.54) is 0 Å². The maximum absolute atomic E-state index is 11.0. The molecule has 0 bridgehead atoms. The molecule has 0 radical (unpaired) electrons. The average molecular weight is 681 g/mol. The number of rotatable bonds is 21. The monoisotopic (exact) mass is 680 g/mol. The van der Waals surface area contributed by atoms with Crippen molar-refractivity contribution in [1.29, 1.82) is 0 Å². The van der Waals surface area contributed by atoms with Crippen LogP contribution in [0.15, 0.2) is 62.3 Å². The summed E-state index contributed by atoms with van der Waals surface area (Å²) in [6, 6.07) is 0. The predicted octanol–water partition coefficient (Wildman–Crippen LogP) is 1.41. The Bertz CT molecular complexity index is 826. The molecule has 0 aliphatic heterocycles. The first kappa shape index (κ1) is 52.3. The molecule has 0 rings (SSSR count). The molecule has 0 amide bonds. The summed E-state index contributed by atoms with van der Waals surface area (Å²) >= 11 is 0. The van der Waals surface area contributed by atoms with Crippen molar-refractivity contribution in [2.24, 2.45) is 5.41 Å². The van der Waals surface area contributed by atoms with Gasteiger partial charge < -0.3 is 54.3 Å². The van der Waals surface area contributed by atoms with Gasteiger partial charge in [0.1, 0.15) is 13.2 Å². The molecule has 0 atom stereocenters. The summed E-state index contributed by atoms with van der Waals surface area (Å²) in [5.41, 5.74) is 0.0606. The summed E-state index contributed by atoms with van der Waals surface area (Å²) in [6.45, 7) is 23.0. The number of ether oxygens (including phenoxy) is 5. The number of aliphatic carboxylic acids is 3. The van der Waals surface area contributed by atoms with Crippen LogP contribution in [0.3, 0.4) is 0 Å². The van der Waals surface area contributed by atoms with Crippen LogP contribution in [0.4, 0.5) is 0 Å². The van der Waals surface area contributed by atoms with Crippen LogP contribution in [0.2, 0.25) is 0 Å². The fourth-order valence-electron chi connectivity index (χ4n) is 1.66. The lowest BCUT2D eigenvalue weighted by atomic mass is 9.88. The Hall–Kier alpha value is -4.19. The van der Waals surface area contributed by atoms with Crippen molar-refractivity contribution in [2.45, 2.75) is 27.2 Å². The van der Waals surface area contributed by atoms with Gasteiger partial charge >= 0.3 is 29.8 Å². The molecule has 0 aromatic rings. The zero-order valence-corrected chi connectivity index (χ0v) is 27.5. The van der Waals surface area contributed by atoms with E-state index in [1.807, 2.05) is 6.92 Å². The molecule has 0 spiro atoms. The SMILES string of the molecule is C=C(C)C(=O)OCCOCCOCCOCCOC(=O)C(=C)C.C=CC(=O)O.C=CC(=O)O.C=CC(=O)O.CCC(CO)(CO)CO. The molecular formula is C31H52O16. The Balaban J connectivity index is -0.000000198. The van der Waals surface area contributed by atoms with Crippen LogP contribution in [0.25, 0.3) is 0 Å². The number of hydrogen-bond acceptors (Lipinski definition) is 13. The first-order valence-electron chi connectivity index (χ1n) is 13.8. The molecule has 272 valence electrons. The van der Waals surface area contributed by atoms with Gasteiger partial charge in [-0.1, -0.05) is 39.8 Å². The number of carboxylic acids is 3. The van der Waals surface area contributed by atoms with Gasteiger partial charge in [0.15, 0.2) is 0 Å². The van der Waals surface area contributed by atoms with Crippen LogP contribution < -0.4 is 0 Å². The van der Waals surface area contributed by atoms with Crippen molar-refractivity contribution in [3.05, 3.63) is 62.3 Å². The molecule has 0 aromatic heterocycles. The van der Waals surface area contributed by atoms with E-state index in [2.05, 4.69) is 32.9 Å². The molecule has 6 N–H and O–H groups in total. The van der Waals surface area contributed by atoms with E-state index in [0.717, 1.165) is 18.2 Å². The number of carbonyl (C=O) groups excluding carboxylic acids is 2. The van der Waals surface area contributed by atoms with Crippen molar-refractivity contribution in [1.82, 2.24) is 0 Å². The largest absolute Gasteiger partial charge is 0.478 e. The maximum Gasteiger partial charge on any atom is 0.333 e. The molecule has 0 fully saturated rings. The van der Waals surface area contributed by atoms with Gasteiger partial charge in [-0.2, -0.15) is 0 Å². The zero-order chi connectivity index (χ0) is 37.7. The van der Waals surface area contributed by atoms with Gasteiger partial charge in [0, 0.05) is 34.8 Å². The number of hydrogen-bond donors (Lipinski definition) is 6. The minimum atomic E-state index is -0.981. The van der Waals surface area contributed by atoms with Crippen molar-refractivity contribution < 1.29 is 78.3 Å². The smallest absolute Gasteiger partial charge is 0.333 e. The molecular weight excluding hydrogens is 628 g/mol. The quantitative estimate of drug-likeness (QED) is 0.0569. The summed E-state index contributed by atoms with van der Waals surface area (Å²) in [6.07, 6.45) is 3.09. The average Bonchev–Trinajstić information content (AvgIpc) is 3.05. The first-order valence-corrected chi connectivity index (χ1v) is 13.8. The number of aliphatic hydroxyl groups excluding tert-OH is 3. The summed E-state index contributed by atoms with van der Waals surface area (Å²) < 4.78 is 25.4. The molecule has 16 nitrogen and oxygen atoms in total. The fourth-order valence-corrected chi connectivity index (χ4v) is 1.66. The topological polar surface area (TPSA) is 253 Å². The van der Waals surface area contributed by atoms with Crippen LogP contribution in [0, 0.1) is 5.41 Å². The second-order valence-corrected chi connectivity index (χ2v) is 8.62. The Morgan fingerprint density at radius 2 is 0.766 bits per heavy atom. The summed E-state index contributed by atoms with van der Waals surface area (Å²) in [7, 11) is 0. The number of carbonyl (C=O) groups is 5. The van der Waals surface area contributed by atoms with Crippen LogP contribution in [-0.2, 0) is 47.7 Å². The third-order valence-corrected chi connectivity index (χ3v) is 4.64. The van der Waals surface area contributed by atoms with Crippen LogP contribution in [0.1, 0.15) is 27.2 Å². The van der Waals surface area contributed by atoms with E-state index in [9.17, 15) is 24.0 Å². The fraction of sp³-hybridized carbons (Fsp3) is 0.516. The zero-order valence-electron chi connectivity index (χ0n) is 27.5. The minimum absolute atomic E-state index is 0.156. The van der Waals surface area contributed by atoms with Gasteiger partial charge in [-0.3, -0.25) is 0 Å². The number of aliphatic hydroxyl groups is 3. The number of carboxylic acid groups (broad SMARTS) is 3. The molecule has 16 heteroatoms. The van der Waals surface area contributed by atoms with E-state index in [4.69, 9.17) is 54.3 Å². The lowest BCUT2D eigenvalue weighted by Crippen LogP contribution is -2.32. The second-order valence-electron chi connectivity index (χ2n) is 8.62. The van der Waals surface area contributed by atoms with Gasteiger partial charge in [0.05, 0.1) is 59.5 Å². The Kier molecular flexibility index (Phi) is 42.3. The van der Waals surface area contributed by atoms with Gasteiger partial charge in [0.25, 0.3) is 0 Å². The Morgan fingerprint density at radius 1 is 0.553 bits per heavy atom. The molecule has 0 aliphatic carbocycles. The Labute approximate surface area is 275 Å². The third-order valence-electron chi connectivity index (χ3n) is 4.64. The molecule has 47 heavy (non-hydrogen) atoms. The van der Waals surface area contributed by atoms with E-state index < -0.39 is 35.3 Å². The predicted molar refractivity (Wildman–Crippen MR) is 171 cm³/mol. The van der Waals surface area contributed by atoms with Crippen molar-refractivity contribution >= 4 is 29.8 Å². The number of esters is 2. The van der Waals surface area contributed by atoms with E-state index in [1.54, 1.807) is 13.8 Å². The third kappa shape index (κ3) is 46.4. The van der Waals surface area contributed by atoms with Gasteiger partial charge in [-0.25, -0.2) is 24.0 Å². The molecule has 0 aliphatic rings. The molecule has 0 heterocycles. The molecule has 0 unspecified atom stereocenters. The highest BCUT2D eigenvalue weighted by molar-refractivity contribution is 5.87. The standard InChI is InChI=1S/C16H26O7.C6H14O3.3C3H4O2/c1-13(2)15(17)22-11-9-20-7-5-19-6-8-21-10-12-23-16(18)14(3)4;1-2-6(3-7,4-8)5-9;3*1-2-3(4)5/h1,3,5-12H2,2,4H3;7-9H,2-5H2,1H3;3*2H,1H2,(H,4,5). The molecule has 0 saturated carbocycles. The summed E-state index contributed by atoms with van der Waals surface area (Å²) in [5, 5.41) is 48.8. The van der Waals surface area contributed by atoms with Crippen LogP contribution in [0.5, 0.6) is 0 Å². The van der Waals surface area contributed by atoms with Gasteiger partial charge in [0.2, 0.25) is 0 Å². The van der Waals surface area contributed by atoms with Crippen molar-refractivity contribution in [2.75, 3.05) is 72.7 Å². The van der Waals surface area contributed by atoms with E-state index in [-0.39, 0.29) is 33.0 Å². The molecule has 0 aromatic carbocycles. The highest BCUT2D eigenvalue weighted by Crippen LogP contribution is 2.18. The lowest BCUT2D eigenvalue weighted by Gasteiger charge is -2.24. The minimum Gasteiger partial charge on any atom is -0.478 e. The van der Waals surface area contributed by atoms with E-state index in [0.29, 0.717) is 57.2 Å². The lowest BCUT2D eigenvalue weighted by molar-refractivity contribution is -0.141. The Morgan fingerprint density at radius 3 is 0.894 bits per heavy atom. The maximum atomic E-state index is 11.0. The van der Waals surface area contributed by atoms with Gasteiger partial charge in [-0.15, -0.1) is 0 Å². The highest BCUT2D eigenvalue weighted by Gasteiger charge is 2.24. The molecule has 0 saturated heterocycles. The van der Waals surface area contributed by atoms with Gasteiger partial charge in [-0.05, 0) is 20.3 Å². The summed E-state index contributed by atoms with van der Waals surface area (Å²) in [4.78, 5) is 49.8. The first-order chi connectivity index (χ1) is 22.0. The van der Waals surface area contributed by atoms with E-state index >= 15 is 0 Å². The highest BCUT2D eigenvalue weighted by atomic mass is 16.6. The second kappa shape index (κ2) is 38.0. The normalized spacial score (nSPS) is 9.32. The van der Waals surface area contributed by atoms with Crippen molar-refractivity contribution in [3.63, 3.8) is 0 Å². The van der Waals surface area contributed by atoms with Crippen LogP contribution >= 0.6 is 0 Å².